The fourth-order valence-corrected chi connectivity index (χ4v) is 2.88. The van der Waals surface area contributed by atoms with Crippen LogP contribution >= 0.6 is 11.3 Å². The fourth-order valence-electron chi connectivity index (χ4n) is 2.21. The van der Waals surface area contributed by atoms with E-state index in [4.69, 9.17) is 18.7 Å². The molecule has 2 heterocycles. The predicted molar refractivity (Wildman–Crippen MR) is 93.1 cm³/mol. The van der Waals surface area contributed by atoms with Gasteiger partial charge < -0.3 is 18.7 Å². The van der Waals surface area contributed by atoms with E-state index in [1.807, 2.05) is 24.4 Å². The van der Waals surface area contributed by atoms with Crippen molar-refractivity contribution in [2.75, 3.05) is 13.7 Å². The second kappa shape index (κ2) is 7.85. The summed E-state index contributed by atoms with van der Waals surface area (Å²) < 4.78 is 21.2. The standard InChI is InChI=1S/C18H17NO5S/c1-3-22-15-9-12(6-7-14(15)21-2)18(20)23-11-13-10-16(24-19-13)17-5-4-8-25-17/h4-10H,3,11H2,1-2H3. The zero-order valence-electron chi connectivity index (χ0n) is 13.9. The Morgan fingerprint density at radius 3 is 2.84 bits per heavy atom. The second-order valence-corrected chi connectivity index (χ2v) is 5.98. The minimum absolute atomic E-state index is 0.0315. The molecule has 7 heteroatoms. The number of hydrogen-bond acceptors (Lipinski definition) is 7. The van der Waals surface area contributed by atoms with Crippen LogP contribution in [0.1, 0.15) is 23.0 Å². The van der Waals surface area contributed by atoms with E-state index in [2.05, 4.69) is 5.16 Å². The highest BCUT2D eigenvalue weighted by molar-refractivity contribution is 7.13. The maximum Gasteiger partial charge on any atom is 0.338 e. The van der Waals surface area contributed by atoms with Gasteiger partial charge in [0.25, 0.3) is 0 Å². The number of benzene rings is 1. The molecule has 3 aromatic rings. The Hall–Kier alpha value is -2.80. The molecule has 0 unspecified atom stereocenters. The van der Waals surface area contributed by atoms with Crippen LogP contribution in [0.15, 0.2) is 46.3 Å². The molecule has 3 rings (SSSR count). The molecular formula is C18H17NO5S. The topological polar surface area (TPSA) is 70.8 Å². The Balaban J connectivity index is 1.65. The lowest BCUT2D eigenvalue weighted by atomic mass is 10.2. The maximum atomic E-state index is 12.2. The fraction of sp³-hybridized carbons (Fsp3) is 0.222. The number of rotatable bonds is 7. The quantitative estimate of drug-likeness (QED) is 0.590. The van der Waals surface area contributed by atoms with Crippen LogP contribution in [0.5, 0.6) is 11.5 Å². The number of aromatic nitrogens is 1. The zero-order chi connectivity index (χ0) is 17.6. The highest BCUT2D eigenvalue weighted by Crippen LogP contribution is 2.29. The summed E-state index contributed by atoms with van der Waals surface area (Å²) in [6, 6.07) is 10.5. The molecule has 0 radical (unpaired) electrons. The molecule has 6 nitrogen and oxygen atoms in total. The SMILES string of the molecule is CCOc1cc(C(=O)OCc2cc(-c3cccs3)on2)ccc1OC. The Morgan fingerprint density at radius 2 is 2.12 bits per heavy atom. The van der Waals surface area contributed by atoms with E-state index >= 15 is 0 Å². The summed E-state index contributed by atoms with van der Waals surface area (Å²) in [6.07, 6.45) is 0. The van der Waals surface area contributed by atoms with E-state index in [0.29, 0.717) is 35.1 Å². The summed E-state index contributed by atoms with van der Waals surface area (Å²) >= 11 is 1.55. The summed E-state index contributed by atoms with van der Waals surface area (Å²) in [5.41, 5.74) is 0.932. The van der Waals surface area contributed by atoms with Crippen molar-refractivity contribution >= 4 is 17.3 Å². The minimum atomic E-state index is -0.468. The van der Waals surface area contributed by atoms with Crippen molar-refractivity contribution < 1.29 is 23.5 Å². The third-order valence-electron chi connectivity index (χ3n) is 3.37. The van der Waals surface area contributed by atoms with Crippen molar-refractivity contribution in [1.82, 2.24) is 5.16 Å². The molecular weight excluding hydrogens is 342 g/mol. The number of thiophene rings is 1. The van der Waals surface area contributed by atoms with Crippen molar-refractivity contribution in [2.45, 2.75) is 13.5 Å². The number of hydrogen-bond donors (Lipinski definition) is 0. The Morgan fingerprint density at radius 1 is 1.24 bits per heavy atom. The van der Waals surface area contributed by atoms with Crippen molar-refractivity contribution in [3.63, 3.8) is 0 Å². The Bertz CT molecular complexity index is 841. The third kappa shape index (κ3) is 4.00. The van der Waals surface area contributed by atoms with Crippen molar-refractivity contribution in [1.29, 1.82) is 0 Å². The van der Waals surface area contributed by atoms with Gasteiger partial charge in [-0.3, -0.25) is 0 Å². The summed E-state index contributed by atoms with van der Waals surface area (Å²) in [5, 5.41) is 5.88. The normalized spacial score (nSPS) is 10.5. The van der Waals surface area contributed by atoms with Crippen molar-refractivity contribution in [3.05, 3.63) is 53.0 Å². The monoisotopic (exact) mass is 359 g/mol. The number of esters is 1. The van der Waals surface area contributed by atoms with Crippen molar-refractivity contribution in [2.24, 2.45) is 0 Å². The number of carbonyl (C=O) groups excluding carboxylic acids is 1. The van der Waals surface area contributed by atoms with Gasteiger partial charge in [0.1, 0.15) is 12.3 Å². The molecule has 1 aromatic carbocycles. The van der Waals surface area contributed by atoms with E-state index in [0.717, 1.165) is 4.88 Å². The number of carbonyl (C=O) groups is 1. The molecule has 0 bridgehead atoms. The minimum Gasteiger partial charge on any atom is -0.493 e. The Labute approximate surface area is 148 Å². The van der Waals surface area contributed by atoms with Crippen LogP contribution in [0, 0.1) is 0 Å². The van der Waals surface area contributed by atoms with Gasteiger partial charge in [0.15, 0.2) is 17.3 Å². The molecule has 0 atom stereocenters. The lowest BCUT2D eigenvalue weighted by Gasteiger charge is -2.10. The first kappa shape index (κ1) is 17.0. The predicted octanol–water partition coefficient (Wildman–Crippen LogP) is 4.17. The summed E-state index contributed by atoms with van der Waals surface area (Å²) in [4.78, 5) is 13.2. The first-order valence-corrected chi connectivity index (χ1v) is 8.56. The van der Waals surface area contributed by atoms with Gasteiger partial charge in [-0.15, -0.1) is 11.3 Å². The molecule has 0 aliphatic heterocycles. The highest BCUT2D eigenvalue weighted by atomic mass is 32.1. The van der Waals surface area contributed by atoms with E-state index in [1.54, 1.807) is 42.7 Å². The largest absolute Gasteiger partial charge is 0.493 e. The maximum absolute atomic E-state index is 12.2. The molecule has 0 N–H and O–H groups in total. The zero-order valence-corrected chi connectivity index (χ0v) is 14.7. The summed E-state index contributed by atoms with van der Waals surface area (Å²) in [6.45, 7) is 2.36. The highest BCUT2D eigenvalue weighted by Gasteiger charge is 2.14. The van der Waals surface area contributed by atoms with Crippen LogP contribution in [0.3, 0.4) is 0 Å². The number of ether oxygens (including phenoxy) is 3. The van der Waals surface area contributed by atoms with Gasteiger partial charge >= 0.3 is 5.97 Å². The Kier molecular flexibility index (Phi) is 5.35. The first-order valence-electron chi connectivity index (χ1n) is 7.68. The van der Waals surface area contributed by atoms with Gasteiger partial charge in [-0.05, 0) is 36.6 Å². The van der Waals surface area contributed by atoms with Gasteiger partial charge in [-0.2, -0.15) is 0 Å². The number of nitrogens with zero attached hydrogens (tertiary/aromatic N) is 1. The molecule has 0 fully saturated rings. The van der Waals surface area contributed by atoms with E-state index < -0.39 is 5.97 Å². The van der Waals surface area contributed by atoms with Gasteiger partial charge in [-0.25, -0.2) is 4.79 Å². The molecule has 25 heavy (non-hydrogen) atoms. The average molecular weight is 359 g/mol. The molecule has 130 valence electrons. The molecule has 0 amide bonds. The van der Waals surface area contributed by atoms with Gasteiger partial charge in [0.2, 0.25) is 0 Å². The average Bonchev–Trinajstić information content (AvgIpc) is 3.31. The van der Waals surface area contributed by atoms with E-state index in [-0.39, 0.29) is 6.61 Å². The van der Waals surface area contributed by atoms with Gasteiger partial charge in [-0.1, -0.05) is 11.2 Å². The van der Waals surface area contributed by atoms with Crippen LogP contribution in [0.4, 0.5) is 0 Å². The van der Waals surface area contributed by atoms with Crippen LogP contribution in [-0.4, -0.2) is 24.8 Å². The number of methoxy groups -OCH3 is 1. The first-order chi connectivity index (χ1) is 12.2. The molecule has 0 saturated carbocycles. The van der Waals surface area contributed by atoms with E-state index in [1.165, 1.54) is 0 Å². The molecule has 0 spiro atoms. The lowest BCUT2D eigenvalue weighted by molar-refractivity contribution is 0.0463. The summed E-state index contributed by atoms with van der Waals surface area (Å²) in [5.74, 6) is 1.25. The summed E-state index contributed by atoms with van der Waals surface area (Å²) in [7, 11) is 1.55. The molecule has 2 aromatic heterocycles. The lowest BCUT2D eigenvalue weighted by Crippen LogP contribution is -2.06. The second-order valence-electron chi connectivity index (χ2n) is 5.03. The smallest absolute Gasteiger partial charge is 0.338 e. The molecule has 0 aliphatic rings. The van der Waals surface area contributed by atoms with Gasteiger partial charge in [0, 0.05) is 6.07 Å². The van der Waals surface area contributed by atoms with Crippen molar-refractivity contribution in [3.8, 4) is 22.1 Å². The van der Waals surface area contributed by atoms with Gasteiger partial charge in [0.05, 0.1) is 24.2 Å². The van der Waals surface area contributed by atoms with Crippen LogP contribution in [0.25, 0.3) is 10.6 Å². The van der Waals surface area contributed by atoms with Crippen LogP contribution < -0.4 is 9.47 Å². The molecule has 0 saturated heterocycles. The van der Waals surface area contributed by atoms with Crippen LogP contribution in [-0.2, 0) is 11.3 Å². The third-order valence-corrected chi connectivity index (χ3v) is 4.26. The van der Waals surface area contributed by atoms with Crippen LogP contribution in [0.2, 0.25) is 0 Å². The molecule has 0 aliphatic carbocycles. The van der Waals surface area contributed by atoms with E-state index in [9.17, 15) is 4.79 Å².